The number of aromatic nitrogens is 1. The minimum Gasteiger partial charge on any atom is -0.357 e. The fourth-order valence-electron chi connectivity index (χ4n) is 3.73. The third-order valence-electron chi connectivity index (χ3n) is 4.71. The lowest BCUT2D eigenvalue weighted by molar-refractivity contribution is 0.914. The van der Waals surface area contributed by atoms with E-state index in [-0.39, 0.29) is 0 Å². The maximum atomic E-state index is 3.70. The monoisotopic (exact) mass is 269 g/mol. The van der Waals surface area contributed by atoms with Crippen LogP contribution in [0.3, 0.4) is 0 Å². The molecule has 1 nitrogen and oxygen atoms in total. The van der Waals surface area contributed by atoms with Crippen LogP contribution in [0.1, 0.15) is 11.3 Å². The van der Waals surface area contributed by atoms with Crippen LogP contribution in [-0.4, -0.2) is 4.98 Å². The molecular formula is C20H15N. The van der Waals surface area contributed by atoms with Gasteiger partial charge in [0.15, 0.2) is 0 Å². The van der Waals surface area contributed by atoms with Crippen LogP contribution < -0.4 is 0 Å². The highest BCUT2D eigenvalue weighted by molar-refractivity contribution is 6.12. The number of benzene rings is 3. The van der Waals surface area contributed by atoms with E-state index in [2.05, 4.69) is 65.6 Å². The van der Waals surface area contributed by atoms with Crippen LogP contribution in [0.25, 0.3) is 32.8 Å². The van der Waals surface area contributed by atoms with Gasteiger partial charge in [0.05, 0.1) is 5.52 Å². The molecule has 100 valence electrons. The van der Waals surface area contributed by atoms with Gasteiger partial charge < -0.3 is 4.98 Å². The summed E-state index contributed by atoms with van der Waals surface area (Å²) in [5, 5.41) is 3.98. The minimum absolute atomic E-state index is 1.11. The molecule has 1 heterocycles. The van der Waals surface area contributed by atoms with Crippen molar-refractivity contribution in [1.29, 1.82) is 0 Å². The second-order valence-corrected chi connectivity index (χ2v) is 5.84. The number of fused-ring (bicyclic) bond motifs is 7. The van der Waals surface area contributed by atoms with Gasteiger partial charge in [-0.05, 0) is 29.4 Å². The van der Waals surface area contributed by atoms with Crippen LogP contribution in [0.4, 0.5) is 0 Å². The largest absolute Gasteiger partial charge is 0.357 e. The third kappa shape index (κ3) is 1.46. The van der Waals surface area contributed by atoms with Crippen molar-refractivity contribution < 1.29 is 0 Å². The van der Waals surface area contributed by atoms with E-state index in [1.165, 1.54) is 44.1 Å². The molecule has 1 N–H and O–H groups in total. The molecule has 1 heteroatoms. The molecule has 3 aromatic carbocycles. The lowest BCUT2D eigenvalue weighted by Gasteiger charge is -2.16. The van der Waals surface area contributed by atoms with Crippen molar-refractivity contribution in [2.75, 3.05) is 0 Å². The summed E-state index contributed by atoms with van der Waals surface area (Å²) in [5.41, 5.74) is 6.96. The Morgan fingerprint density at radius 1 is 0.714 bits per heavy atom. The molecule has 0 aliphatic heterocycles. The van der Waals surface area contributed by atoms with Gasteiger partial charge >= 0.3 is 0 Å². The maximum absolute atomic E-state index is 3.70. The first kappa shape index (κ1) is 11.2. The van der Waals surface area contributed by atoms with E-state index in [0.29, 0.717) is 0 Å². The molecule has 0 fully saturated rings. The molecule has 0 unspecified atom stereocenters. The first-order valence-corrected chi connectivity index (χ1v) is 7.52. The van der Waals surface area contributed by atoms with Crippen molar-refractivity contribution in [2.45, 2.75) is 12.8 Å². The molecule has 1 aromatic heterocycles. The predicted molar refractivity (Wildman–Crippen MR) is 88.6 cm³/mol. The summed E-state index contributed by atoms with van der Waals surface area (Å²) in [5.74, 6) is 0. The predicted octanol–water partition coefficient (Wildman–Crippen LogP) is 5.09. The molecule has 0 saturated heterocycles. The van der Waals surface area contributed by atoms with Crippen LogP contribution in [0.2, 0.25) is 0 Å². The Kier molecular flexibility index (Phi) is 2.12. The average molecular weight is 269 g/mol. The number of aromatic amines is 1. The highest BCUT2D eigenvalue weighted by Gasteiger charge is 2.20. The van der Waals surface area contributed by atoms with E-state index in [1.807, 2.05) is 0 Å². The van der Waals surface area contributed by atoms with Crippen molar-refractivity contribution >= 4 is 21.7 Å². The van der Waals surface area contributed by atoms with Gasteiger partial charge in [-0.25, -0.2) is 0 Å². The number of nitrogens with one attached hydrogen (secondary N) is 1. The fraction of sp³-hybridized carbons (Fsp3) is 0.100. The number of aryl methyl sites for hydroxylation is 2. The molecule has 0 amide bonds. The Hall–Kier alpha value is -2.54. The highest BCUT2D eigenvalue weighted by atomic mass is 14.7. The Balaban J connectivity index is 1.95. The summed E-state index contributed by atoms with van der Waals surface area (Å²) in [6.07, 6.45) is 2.24. The molecule has 21 heavy (non-hydrogen) atoms. The van der Waals surface area contributed by atoms with Crippen LogP contribution in [0, 0.1) is 0 Å². The van der Waals surface area contributed by atoms with E-state index < -0.39 is 0 Å². The summed E-state index contributed by atoms with van der Waals surface area (Å²) in [6, 6.07) is 21.9. The van der Waals surface area contributed by atoms with E-state index in [1.54, 1.807) is 0 Å². The highest BCUT2D eigenvalue weighted by Crippen LogP contribution is 2.40. The quantitative estimate of drug-likeness (QED) is 0.458. The van der Waals surface area contributed by atoms with Crippen molar-refractivity contribution in [3.8, 4) is 11.1 Å². The Morgan fingerprint density at radius 2 is 1.57 bits per heavy atom. The Bertz CT molecular complexity index is 991. The number of H-pyrrole nitrogens is 1. The van der Waals surface area contributed by atoms with Gasteiger partial charge in [0.25, 0.3) is 0 Å². The average Bonchev–Trinajstić information content (AvgIpc) is 2.94. The molecule has 1 aliphatic rings. The van der Waals surface area contributed by atoms with Crippen molar-refractivity contribution in [3.05, 3.63) is 71.9 Å². The molecule has 0 saturated carbocycles. The van der Waals surface area contributed by atoms with Crippen LogP contribution in [0.15, 0.2) is 60.7 Å². The van der Waals surface area contributed by atoms with E-state index in [9.17, 15) is 0 Å². The summed E-state index contributed by atoms with van der Waals surface area (Å²) in [6.45, 7) is 0. The van der Waals surface area contributed by atoms with Crippen LogP contribution in [0.5, 0.6) is 0 Å². The SMILES string of the molecule is c1ccc2c(c1)CCc1[nH]c3c(ccc4ccccc43)c1-2. The Morgan fingerprint density at radius 3 is 2.57 bits per heavy atom. The minimum atomic E-state index is 1.11. The van der Waals surface area contributed by atoms with Gasteiger partial charge in [-0.1, -0.05) is 60.7 Å². The Labute approximate surface area is 123 Å². The first-order chi connectivity index (χ1) is 10.4. The molecule has 4 aromatic rings. The number of hydrogen-bond acceptors (Lipinski definition) is 0. The van der Waals surface area contributed by atoms with Gasteiger partial charge in [-0.2, -0.15) is 0 Å². The zero-order valence-electron chi connectivity index (χ0n) is 11.7. The van der Waals surface area contributed by atoms with Crippen LogP contribution in [-0.2, 0) is 12.8 Å². The lowest BCUT2D eigenvalue weighted by Crippen LogP contribution is -2.02. The summed E-state index contributed by atoms with van der Waals surface area (Å²) < 4.78 is 0. The summed E-state index contributed by atoms with van der Waals surface area (Å²) in [4.78, 5) is 3.70. The lowest BCUT2D eigenvalue weighted by atomic mass is 9.88. The molecular weight excluding hydrogens is 254 g/mol. The number of hydrogen-bond donors (Lipinski definition) is 1. The number of rotatable bonds is 0. The van der Waals surface area contributed by atoms with Crippen molar-refractivity contribution in [2.24, 2.45) is 0 Å². The van der Waals surface area contributed by atoms with Crippen molar-refractivity contribution in [1.82, 2.24) is 4.98 Å². The molecule has 1 aliphatic carbocycles. The normalized spacial score (nSPS) is 13.3. The van der Waals surface area contributed by atoms with Gasteiger partial charge in [0.1, 0.15) is 0 Å². The summed E-state index contributed by atoms with van der Waals surface area (Å²) in [7, 11) is 0. The molecule has 0 radical (unpaired) electrons. The fourth-order valence-corrected chi connectivity index (χ4v) is 3.73. The zero-order chi connectivity index (χ0) is 13.8. The zero-order valence-corrected chi connectivity index (χ0v) is 11.7. The van der Waals surface area contributed by atoms with Crippen molar-refractivity contribution in [3.63, 3.8) is 0 Å². The van der Waals surface area contributed by atoms with Gasteiger partial charge in [0.2, 0.25) is 0 Å². The van der Waals surface area contributed by atoms with Gasteiger partial charge in [0, 0.05) is 22.0 Å². The second kappa shape index (κ2) is 3.98. The second-order valence-electron chi connectivity index (χ2n) is 5.84. The molecule has 0 atom stereocenters. The van der Waals surface area contributed by atoms with Gasteiger partial charge in [-0.15, -0.1) is 0 Å². The van der Waals surface area contributed by atoms with Gasteiger partial charge in [-0.3, -0.25) is 0 Å². The van der Waals surface area contributed by atoms with E-state index >= 15 is 0 Å². The third-order valence-corrected chi connectivity index (χ3v) is 4.71. The first-order valence-electron chi connectivity index (χ1n) is 7.52. The van der Waals surface area contributed by atoms with E-state index in [4.69, 9.17) is 0 Å². The smallest absolute Gasteiger partial charge is 0.0542 e. The summed E-state index contributed by atoms with van der Waals surface area (Å²) >= 11 is 0. The maximum Gasteiger partial charge on any atom is 0.0542 e. The van der Waals surface area contributed by atoms with E-state index in [0.717, 1.165) is 12.8 Å². The molecule has 5 rings (SSSR count). The molecule has 0 bridgehead atoms. The van der Waals surface area contributed by atoms with Crippen LogP contribution >= 0.6 is 0 Å². The topological polar surface area (TPSA) is 15.8 Å². The standard InChI is InChI=1S/C20H15N/c1-3-7-15-13(5-1)10-12-18-19(15)17-11-9-14-6-2-4-8-16(14)20(17)21-18/h1-9,11,21H,10,12H2. The molecule has 0 spiro atoms.